The van der Waals surface area contributed by atoms with Crippen molar-refractivity contribution >= 4 is 12.0 Å². The standard InChI is InChI=1S/C11H16F3N3O3/c1-3-16(5-8(2)4-15)10(20)17(6-9(18)19)7-11(12,13)14/h8H,3,5-7H2,1-2H3,(H,18,19). The minimum Gasteiger partial charge on any atom is -0.480 e. The van der Waals surface area contributed by atoms with Crippen LogP contribution in [0.1, 0.15) is 13.8 Å². The van der Waals surface area contributed by atoms with E-state index in [0.717, 1.165) is 4.90 Å². The highest BCUT2D eigenvalue weighted by Crippen LogP contribution is 2.17. The molecule has 0 fully saturated rings. The molecule has 20 heavy (non-hydrogen) atoms. The molecule has 0 spiro atoms. The van der Waals surface area contributed by atoms with Crippen molar-refractivity contribution < 1.29 is 27.9 Å². The van der Waals surface area contributed by atoms with Crippen molar-refractivity contribution in [3.05, 3.63) is 0 Å². The summed E-state index contributed by atoms with van der Waals surface area (Å²) in [5.41, 5.74) is 0. The first-order chi connectivity index (χ1) is 9.10. The lowest BCUT2D eigenvalue weighted by atomic mass is 10.2. The normalized spacial score (nSPS) is 12.4. The fourth-order valence-electron chi connectivity index (χ4n) is 1.48. The zero-order chi connectivity index (χ0) is 15.9. The lowest BCUT2D eigenvalue weighted by molar-refractivity contribution is -0.149. The first-order valence-electron chi connectivity index (χ1n) is 5.82. The summed E-state index contributed by atoms with van der Waals surface area (Å²) < 4.78 is 37.1. The van der Waals surface area contributed by atoms with Crippen LogP contribution >= 0.6 is 0 Å². The quantitative estimate of drug-likeness (QED) is 0.805. The van der Waals surface area contributed by atoms with E-state index in [1.165, 1.54) is 13.8 Å². The molecule has 0 aliphatic rings. The van der Waals surface area contributed by atoms with Crippen LogP contribution in [0.2, 0.25) is 0 Å². The van der Waals surface area contributed by atoms with Crippen LogP contribution in [0, 0.1) is 17.2 Å². The fraction of sp³-hybridized carbons (Fsp3) is 0.727. The van der Waals surface area contributed by atoms with E-state index in [9.17, 15) is 22.8 Å². The van der Waals surface area contributed by atoms with Crippen molar-refractivity contribution in [3.8, 4) is 6.07 Å². The number of hydrogen-bond acceptors (Lipinski definition) is 3. The molecule has 0 aliphatic heterocycles. The first kappa shape index (κ1) is 18.0. The highest BCUT2D eigenvalue weighted by atomic mass is 19.4. The minimum absolute atomic E-state index is 0.0557. The third kappa shape index (κ3) is 6.82. The number of nitrogens with zero attached hydrogens (tertiary/aromatic N) is 3. The van der Waals surface area contributed by atoms with Gasteiger partial charge in [0.2, 0.25) is 0 Å². The number of halogens is 3. The van der Waals surface area contributed by atoms with Gasteiger partial charge in [-0.25, -0.2) is 4.79 Å². The number of urea groups is 1. The number of carboxylic acids is 1. The molecule has 0 heterocycles. The number of aliphatic carboxylic acids is 1. The highest BCUT2D eigenvalue weighted by molar-refractivity contribution is 5.80. The van der Waals surface area contributed by atoms with Gasteiger partial charge in [0.15, 0.2) is 0 Å². The van der Waals surface area contributed by atoms with E-state index in [-0.39, 0.29) is 18.0 Å². The molecule has 114 valence electrons. The van der Waals surface area contributed by atoms with Gasteiger partial charge in [-0.2, -0.15) is 18.4 Å². The van der Waals surface area contributed by atoms with Crippen molar-refractivity contribution in [1.29, 1.82) is 5.26 Å². The third-order valence-corrected chi connectivity index (χ3v) is 2.33. The van der Waals surface area contributed by atoms with Crippen LogP contribution < -0.4 is 0 Å². The predicted octanol–water partition coefficient (Wildman–Crippen LogP) is 1.54. The number of hydrogen-bond donors (Lipinski definition) is 1. The number of nitriles is 1. The number of carbonyl (C=O) groups excluding carboxylic acids is 1. The molecule has 9 heteroatoms. The second-order valence-corrected chi connectivity index (χ2v) is 4.22. The van der Waals surface area contributed by atoms with Gasteiger partial charge < -0.3 is 14.9 Å². The van der Waals surface area contributed by atoms with Crippen LogP contribution in [-0.2, 0) is 4.79 Å². The highest BCUT2D eigenvalue weighted by Gasteiger charge is 2.35. The Bertz CT molecular complexity index is 393. The number of amides is 2. The molecule has 1 N–H and O–H groups in total. The van der Waals surface area contributed by atoms with Crippen molar-refractivity contribution in [1.82, 2.24) is 9.80 Å². The second-order valence-electron chi connectivity index (χ2n) is 4.22. The molecule has 1 atom stereocenters. The molecule has 0 aromatic heterocycles. The Kier molecular flexibility index (Phi) is 6.82. The maximum absolute atomic E-state index is 12.4. The number of rotatable bonds is 6. The van der Waals surface area contributed by atoms with Crippen LogP contribution in [0.4, 0.5) is 18.0 Å². The van der Waals surface area contributed by atoms with E-state index in [1.807, 2.05) is 6.07 Å². The molecular formula is C11H16F3N3O3. The maximum Gasteiger partial charge on any atom is 0.406 e. The smallest absolute Gasteiger partial charge is 0.406 e. The van der Waals surface area contributed by atoms with Gasteiger partial charge in [-0.3, -0.25) is 4.79 Å². The van der Waals surface area contributed by atoms with Gasteiger partial charge in [-0.1, -0.05) is 0 Å². The van der Waals surface area contributed by atoms with Crippen molar-refractivity contribution in [2.24, 2.45) is 5.92 Å². The lowest BCUT2D eigenvalue weighted by Crippen LogP contribution is -2.49. The summed E-state index contributed by atoms with van der Waals surface area (Å²) in [6, 6.07) is 0.815. The summed E-state index contributed by atoms with van der Waals surface area (Å²) in [6.45, 7) is 0.389. The largest absolute Gasteiger partial charge is 0.480 e. The molecule has 6 nitrogen and oxygen atoms in total. The van der Waals surface area contributed by atoms with Gasteiger partial charge in [0.1, 0.15) is 13.1 Å². The zero-order valence-corrected chi connectivity index (χ0v) is 11.1. The van der Waals surface area contributed by atoms with Gasteiger partial charge in [-0.05, 0) is 13.8 Å². The third-order valence-electron chi connectivity index (χ3n) is 2.33. The van der Waals surface area contributed by atoms with Crippen LogP contribution in [0.25, 0.3) is 0 Å². The predicted molar refractivity (Wildman–Crippen MR) is 62.7 cm³/mol. The van der Waals surface area contributed by atoms with E-state index in [0.29, 0.717) is 0 Å². The van der Waals surface area contributed by atoms with E-state index in [2.05, 4.69) is 0 Å². The van der Waals surface area contributed by atoms with Gasteiger partial charge in [0.05, 0.1) is 12.0 Å². The summed E-state index contributed by atoms with van der Waals surface area (Å²) in [5.74, 6) is -2.09. The van der Waals surface area contributed by atoms with Crippen molar-refractivity contribution in [2.45, 2.75) is 20.0 Å². The van der Waals surface area contributed by atoms with E-state index < -0.39 is 37.2 Å². The molecule has 0 saturated carbocycles. The summed E-state index contributed by atoms with van der Waals surface area (Å²) in [5, 5.41) is 17.2. The summed E-state index contributed by atoms with van der Waals surface area (Å²) >= 11 is 0. The van der Waals surface area contributed by atoms with Crippen LogP contribution in [-0.4, -0.2) is 59.3 Å². The number of carbonyl (C=O) groups is 2. The molecule has 0 bridgehead atoms. The van der Waals surface area contributed by atoms with Crippen LogP contribution in [0.15, 0.2) is 0 Å². The summed E-state index contributed by atoms with van der Waals surface area (Å²) in [4.78, 5) is 23.7. The van der Waals surface area contributed by atoms with Gasteiger partial charge in [-0.15, -0.1) is 0 Å². The molecule has 0 aromatic carbocycles. The second kappa shape index (κ2) is 7.57. The van der Waals surface area contributed by atoms with E-state index in [1.54, 1.807) is 0 Å². The number of alkyl halides is 3. The first-order valence-corrected chi connectivity index (χ1v) is 5.82. The SMILES string of the molecule is CCN(CC(C)C#N)C(=O)N(CC(=O)O)CC(F)(F)F. The fourth-order valence-corrected chi connectivity index (χ4v) is 1.48. The minimum atomic E-state index is -4.69. The van der Waals surface area contributed by atoms with E-state index >= 15 is 0 Å². The van der Waals surface area contributed by atoms with Crippen molar-refractivity contribution in [2.75, 3.05) is 26.2 Å². The Morgan fingerprint density at radius 1 is 1.35 bits per heavy atom. The Balaban J connectivity index is 4.99. The van der Waals surface area contributed by atoms with Crippen LogP contribution in [0.5, 0.6) is 0 Å². The number of carboxylic acid groups (broad SMARTS) is 1. The zero-order valence-electron chi connectivity index (χ0n) is 11.1. The Morgan fingerprint density at radius 2 is 1.90 bits per heavy atom. The summed E-state index contributed by atoms with van der Waals surface area (Å²) in [7, 11) is 0. The summed E-state index contributed by atoms with van der Waals surface area (Å²) in [6.07, 6.45) is -4.69. The Hall–Kier alpha value is -1.98. The molecule has 0 aromatic rings. The molecular weight excluding hydrogens is 279 g/mol. The average molecular weight is 295 g/mol. The monoisotopic (exact) mass is 295 g/mol. The molecule has 0 radical (unpaired) electrons. The molecule has 0 rings (SSSR count). The topological polar surface area (TPSA) is 84.6 Å². The van der Waals surface area contributed by atoms with Crippen molar-refractivity contribution in [3.63, 3.8) is 0 Å². The van der Waals surface area contributed by atoms with Gasteiger partial charge in [0, 0.05) is 13.1 Å². The molecule has 0 saturated heterocycles. The van der Waals surface area contributed by atoms with E-state index in [4.69, 9.17) is 10.4 Å². The average Bonchev–Trinajstić information content (AvgIpc) is 2.31. The van der Waals surface area contributed by atoms with Gasteiger partial charge in [0.25, 0.3) is 0 Å². The lowest BCUT2D eigenvalue weighted by Gasteiger charge is -2.30. The maximum atomic E-state index is 12.4. The Labute approximate surface area is 114 Å². The van der Waals surface area contributed by atoms with Gasteiger partial charge >= 0.3 is 18.2 Å². The molecule has 1 unspecified atom stereocenters. The Morgan fingerprint density at radius 3 is 2.25 bits per heavy atom. The molecule has 0 aliphatic carbocycles. The molecule has 2 amide bonds. The van der Waals surface area contributed by atoms with Crippen LogP contribution in [0.3, 0.4) is 0 Å².